The highest BCUT2D eigenvalue weighted by molar-refractivity contribution is 6.32. The van der Waals surface area contributed by atoms with Crippen LogP contribution in [0.25, 0.3) is 0 Å². The second-order valence-corrected chi connectivity index (χ2v) is 8.75. The maximum atomic E-state index is 11.5. The predicted octanol–water partition coefficient (Wildman–Crippen LogP) is 4.05. The molecule has 152 valence electrons. The molecule has 3 aliphatic rings. The number of primary amides is 1. The summed E-state index contributed by atoms with van der Waals surface area (Å²) in [6.07, 6.45) is 6.68. The fraction of sp³-hybridized carbons (Fsp3) is 0.391. The van der Waals surface area contributed by atoms with Crippen LogP contribution in [0, 0.1) is 23.2 Å². The molecular formula is C23H22ClN5O. The first kappa shape index (κ1) is 19.1. The monoisotopic (exact) mass is 419 g/mol. The molecule has 2 atom stereocenters. The van der Waals surface area contributed by atoms with E-state index in [0.29, 0.717) is 28.1 Å². The van der Waals surface area contributed by atoms with Gasteiger partial charge in [-0.3, -0.25) is 9.80 Å². The number of nitriles is 1. The topological polar surface area (TPSA) is 95.4 Å². The van der Waals surface area contributed by atoms with Crippen LogP contribution in [0.15, 0.2) is 35.4 Å². The van der Waals surface area contributed by atoms with Crippen LogP contribution in [0.5, 0.6) is 0 Å². The number of hydrogen-bond acceptors (Lipinski definition) is 5. The number of nitrogens with two attached hydrogens (primary N) is 1. The summed E-state index contributed by atoms with van der Waals surface area (Å²) in [5.41, 5.74) is 10.1. The minimum absolute atomic E-state index is 0.274. The van der Waals surface area contributed by atoms with Gasteiger partial charge in [0.1, 0.15) is 11.8 Å². The Morgan fingerprint density at radius 2 is 2.00 bits per heavy atom. The third kappa shape index (κ3) is 3.05. The van der Waals surface area contributed by atoms with Crippen LogP contribution >= 0.6 is 11.6 Å². The number of carbonyl (C=O) groups excluding carboxylic acids is 1. The van der Waals surface area contributed by atoms with Gasteiger partial charge in [0, 0.05) is 11.5 Å². The van der Waals surface area contributed by atoms with Crippen molar-refractivity contribution in [3.05, 3.63) is 57.9 Å². The molecule has 2 aromatic rings. The highest BCUT2D eigenvalue weighted by Gasteiger charge is 2.45. The molecule has 5 rings (SSSR count). The van der Waals surface area contributed by atoms with E-state index in [4.69, 9.17) is 22.4 Å². The molecular weight excluding hydrogens is 398 g/mol. The number of amides is 1. The van der Waals surface area contributed by atoms with E-state index in [0.717, 1.165) is 35.5 Å². The largest absolute Gasteiger partial charge is 0.364 e. The van der Waals surface area contributed by atoms with Crippen molar-refractivity contribution in [2.24, 2.45) is 22.7 Å². The zero-order chi connectivity index (χ0) is 20.8. The summed E-state index contributed by atoms with van der Waals surface area (Å²) in [4.78, 5) is 16.0. The Labute approximate surface area is 180 Å². The first-order valence-electron chi connectivity index (χ1n) is 10.4. The zero-order valence-electron chi connectivity index (χ0n) is 16.5. The van der Waals surface area contributed by atoms with Gasteiger partial charge in [0.05, 0.1) is 33.7 Å². The average molecular weight is 420 g/mol. The Hall–Kier alpha value is -2.91. The van der Waals surface area contributed by atoms with Crippen molar-refractivity contribution in [1.82, 2.24) is 4.98 Å². The smallest absolute Gasteiger partial charge is 0.267 e. The van der Waals surface area contributed by atoms with Gasteiger partial charge >= 0.3 is 0 Å². The van der Waals surface area contributed by atoms with Crippen molar-refractivity contribution in [2.75, 3.05) is 5.01 Å². The van der Waals surface area contributed by atoms with Gasteiger partial charge in [-0.05, 0) is 61.9 Å². The molecule has 6 nitrogen and oxygen atoms in total. The third-order valence-corrected chi connectivity index (χ3v) is 6.99. The number of hydrazone groups is 1. The molecule has 2 unspecified atom stereocenters. The van der Waals surface area contributed by atoms with E-state index < -0.39 is 5.91 Å². The van der Waals surface area contributed by atoms with Gasteiger partial charge in [-0.25, -0.2) is 4.98 Å². The summed E-state index contributed by atoms with van der Waals surface area (Å²) in [5.74, 6) is 0.382. The number of anilines is 1. The van der Waals surface area contributed by atoms with Gasteiger partial charge in [-0.1, -0.05) is 24.4 Å². The van der Waals surface area contributed by atoms with Gasteiger partial charge in [0.15, 0.2) is 0 Å². The Morgan fingerprint density at radius 3 is 2.70 bits per heavy atom. The van der Waals surface area contributed by atoms with Gasteiger partial charge in [-0.15, -0.1) is 0 Å². The summed E-state index contributed by atoms with van der Waals surface area (Å²) in [6, 6.07) is 11.6. The minimum Gasteiger partial charge on any atom is -0.364 e. The number of fused-ring (bicyclic) bond motifs is 3. The number of pyridine rings is 1. The lowest BCUT2D eigenvalue weighted by molar-refractivity contribution is 0.0995. The maximum absolute atomic E-state index is 11.5. The van der Waals surface area contributed by atoms with Crippen molar-refractivity contribution in [2.45, 2.75) is 44.6 Å². The molecule has 2 aliphatic carbocycles. The van der Waals surface area contributed by atoms with Crippen LogP contribution in [-0.2, 0) is 6.42 Å². The summed E-state index contributed by atoms with van der Waals surface area (Å²) < 4.78 is 0. The van der Waals surface area contributed by atoms with E-state index in [9.17, 15) is 10.1 Å². The number of rotatable bonds is 3. The first-order valence-corrected chi connectivity index (χ1v) is 10.8. The van der Waals surface area contributed by atoms with Crippen LogP contribution in [0.3, 0.4) is 0 Å². The molecule has 0 spiro atoms. The Kier molecular flexibility index (Phi) is 4.71. The number of aryl methyl sites for hydroxylation is 1. The minimum atomic E-state index is -0.508. The molecule has 1 fully saturated rings. The molecule has 30 heavy (non-hydrogen) atoms. The molecule has 0 bridgehead atoms. The van der Waals surface area contributed by atoms with E-state index in [2.05, 4.69) is 16.1 Å². The van der Waals surface area contributed by atoms with E-state index in [-0.39, 0.29) is 6.04 Å². The van der Waals surface area contributed by atoms with Crippen LogP contribution in [0.2, 0.25) is 5.02 Å². The molecule has 7 heteroatoms. The second kappa shape index (κ2) is 7.41. The molecule has 1 aromatic heterocycles. The van der Waals surface area contributed by atoms with Crippen molar-refractivity contribution < 1.29 is 4.79 Å². The van der Waals surface area contributed by atoms with Gasteiger partial charge < -0.3 is 5.73 Å². The lowest BCUT2D eigenvalue weighted by atomic mass is 9.76. The molecule has 2 N–H and O–H groups in total. The molecule has 2 heterocycles. The fourth-order valence-electron chi connectivity index (χ4n) is 5.30. The number of carbonyl (C=O) groups is 1. The highest BCUT2D eigenvalue weighted by atomic mass is 35.5. The number of nitrogens with zero attached hydrogens (tertiary/aromatic N) is 4. The Bertz CT molecular complexity index is 1100. The average Bonchev–Trinajstić information content (AvgIpc) is 3.40. The highest BCUT2D eigenvalue weighted by Crippen LogP contribution is 2.44. The van der Waals surface area contributed by atoms with Crippen molar-refractivity contribution in [1.29, 1.82) is 5.26 Å². The SMILES string of the molecule is N#Cc1ccc(N2N=C3c4ccc(C(N)=O)nc4CCC3C2C2CCCC2)cc1Cl. The fourth-order valence-corrected chi connectivity index (χ4v) is 5.52. The Morgan fingerprint density at radius 1 is 1.20 bits per heavy atom. The van der Waals surface area contributed by atoms with Crippen LogP contribution in [0.1, 0.15) is 59.4 Å². The van der Waals surface area contributed by atoms with Gasteiger partial charge in [-0.2, -0.15) is 10.4 Å². The lowest BCUT2D eigenvalue weighted by Gasteiger charge is -2.34. The van der Waals surface area contributed by atoms with E-state index in [1.165, 1.54) is 25.7 Å². The van der Waals surface area contributed by atoms with E-state index >= 15 is 0 Å². The third-order valence-electron chi connectivity index (χ3n) is 6.68. The summed E-state index contributed by atoms with van der Waals surface area (Å²) >= 11 is 6.34. The lowest BCUT2D eigenvalue weighted by Crippen LogP contribution is -2.40. The standard InChI is InChI=1S/C23H22ClN5O/c24-18-11-15(6-5-14(18)12-25)29-22(13-3-1-2-4-13)17-8-9-19-16(21(17)28-29)7-10-20(27-19)23(26)30/h5-7,10-11,13,17,22H,1-4,8-9H2,(H2,26,30). The van der Waals surface area contributed by atoms with Crippen LogP contribution in [0.4, 0.5) is 5.69 Å². The molecule has 1 aliphatic heterocycles. The molecule has 1 amide bonds. The molecule has 1 aromatic carbocycles. The van der Waals surface area contributed by atoms with E-state index in [1.807, 2.05) is 18.2 Å². The second-order valence-electron chi connectivity index (χ2n) is 8.34. The van der Waals surface area contributed by atoms with Crippen molar-refractivity contribution >= 4 is 28.9 Å². The number of halogens is 1. The van der Waals surface area contributed by atoms with Gasteiger partial charge in [0.25, 0.3) is 5.91 Å². The van der Waals surface area contributed by atoms with Gasteiger partial charge in [0.2, 0.25) is 0 Å². The molecule has 0 radical (unpaired) electrons. The maximum Gasteiger partial charge on any atom is 0.267 e. The first-order chi connectivity index (χ1) is 14.6. The van der Waals surface area contributed by atoms with Crippen LogP contribution in [-0.4, -0.2) is 22.6 Å². The van der Waals surface area contributed by atoms with Crippen LogP contribution < -0.4 is 10.7 Å². The summed E-state index contributed by atoms with van der Waals surface area (Å²) in [5, 5.41) is 16.9. The summed E-state index contributed by atoms with van der Waals surface area (Å²) in [7, 11) is 0. The van der Waals surface area contributed by atoms with Crippen molar-refractivity contribution in [3.63, 3.8) is 0 Å². The number of aromatic nitrogens is 1. The predicted molar refractivity (Wildman–Crippen MR) is 115 cm³/mol. The number of benzene rings is 1. The van der Waals surface area contributed by atoms with E-state index in [1.54, 1.807) is 12.1 Å². The van der Waals surface area contributed by atoms with Crippen molar-refractivity contribution in [3.8, 4) is 6.07 Å². The summed E-state index contributed by atoms with van der Waals surface area (Å²) in [6.45, 7) is 0. The number of hydrogen-bond donors (Lipinski definition) is 1. The Balaban J connectivity index is 1.59. The zero-order valence-corrected chi connectivity index (χ0v) is 17.3. The quantitative estimate of drug-likeness (QED) is 0.811. The molecule has 1 saturated carbocycles. The normalized spacial score (nSPS) is 22.9. The molecule has 0 saturated heterocycles.